The number of rotatable bonds is 3. The predicted molar refractivity (Wildman–Crippen MR) is 103 cm³/mol. The number of nitrogens with zero attached hydrogens (tertiary/aromatic N) is 1. The molecule has 1 N–H and O–H groups in total. The van der Waals surface area contributed by atoms with Crippen molar-refractivity contribution in [2.45, 2.75) is 32.6 Å². The van der Waals surface area contributed by atoms with Gasteiger partial charge in [0.2, 0.25) is 5.91 Å². The smallest absolute Gasteiger partial charge is 0.234 e. The fraction of sp³-hybridized carbons (Fsp3) is 0.227. The van der Waals surface area contributed by atoms with E-state index in [1.807, 2.05) is 61.5 Å². The Morgan fingerprint density at radius 2 is 1.85 bits per heavy atom. The minimum Gasteiger partial charge on any atom is -0.356 e. The summed E-state index contributed by atoms with van der Waals surface area (Å²) in [6, 6.07) is 18.0. The van der Waals surface area contributed by atoms with Gasteiger partial charge in [-0.2, -0.15) is 0 Å². The Balaban J connectivity index is 1.95. The highest BCUT2D eigenvalue weighted by Crippen LogP contribution is 2.35. The number of benzene rings is 2. The Kier molecular flexibility index (Phi) is 4.35. The quantitative estimate of drug-likeness (QED) is 0.855. The van der Waals surface area contributed by atoms with Crippen LogP contribution in [0.5, 0.6) is 0 Å². The molecule has 0 bridgehead atoms. The third-order valence-corrected chi connectivity index (χ3v) is 4.74. The maximum Gasteiger partial charge on any atom is 0.234 e. The molecule has 2 aromatic carbocycles. The van der Waals surface area contributed by atoms with Crippen LogP contribution in [0.1, 0.15) is 24.5 Å². The second-order valence-corrected chi connectivity index (χ2v) is 6.58. The van der Waals surface area contributed by atoms with Crippen LogP contribution < -0.4 is 10.2 Å². The number of ether oxygens (including phenoxy) is 1. The molecular formula is C22H22N2O2. The summed E-state index contributed by atoms with van der Waals surface area (Å²) in [6.07, 6.45) is 4.15. The zero-order valence-electron chi connectivity index (χ0n) is 15.0. The van der Waals surface area contributed by atoms with Crippen molar-refractivity contribution in [1.29, 1.82) is 0 Å². The minimum atomic E-state index is -0.105. The van der Waals surface area contributed by atoms with Crippen LogP contribution in [0.25, 0.3) is 5.70 Å². The molecule has 4 rings (SSSR count). The molecule has 2 unspecified atom stereocenters. The van der Waals surface area contributed by atoms with Crippen molar-refractivity contribution in [2.75, 3.05) is 4.90 Å². The Labute approximate surface area is 153 Å². The number of fused-ring (bicyclic) bond motifs is 1. The first-order valence-corrected chi connectivity index (χ1v) is 8.92. The first-order chi connectivity index (χ1) is 12.7. The van der Waals surface area contributed by atoms with E-state index in [-0.39, 0.29) is 18.2 Å². The molecule has 26 heavy (non-hydrogen) atoms. The van der Waals surface area contributed by atoms with Crippen molar-refractivity contribution < 1.29 is 9.53 Å². The van der Waals surface area contributed by atoms with Crippen LogP contribution >= 0.6 is 0 Å². The zero-order chi connectivity index (χ0) is 18.1. The summed E-state index contributed by atoms with van der Waals surface area (Å²) in [5.41, 5.74) is 4.84. The third kappa shape index (κ3) is 3.04. The van der Waals surface area contributed by atoms with Crippen LogP contribution in [0.2, 0.25) is 0 Å². The van der Waals surface area contributed by atoms with E-state index in [2.05, 4.69) is 24.4 Å². The Morgan fingerprint density at radius 3 is 2.58 bits per heavy atom. The van der Waals surface area contributed by atoms with Gasteiger partial charge in [-0.1, -0.05) is 48.5 Å². The second kappa shape index (κ2) is 6.81. The van der Waals surface area contributed by atoms with Gasteiger partial charge in [-0.05, 0) is 37.6 Å². The number of allylic oxidation sites excluding steroid dienone is 2. The molecule has 0 aliphatic carbocycles. The molecule has 2 aliphatic rings. The van der Waals surface area contributed by atoms with Crippen LogP contribution in [0, 0.1) is 6.92 Å². The number of anilines is 1. The molecule has 0 aromatic heterocycles. The standard InChI is InChI=1S/C22H22N2O2/c1-3-9-18-21(17-13-8-7-10-15(17)2)23-22-19(26-22)14-20(25)24(18)16-11-5-4-6-12-16/h3-13,19,22-23H,14H2,1-2H3/b9-3-,21-18?. The molecule has 2 atom stereocenters. The SMILES string of the molecule is C/C=C\C1=C(c2ccccc2C)NC2OC2CC(=O)N1c1ccccc1. The maximum atomic E-state index is 13.1. The summed E-state index contributed by atoms with van der Waals surface area (Å²) in [7, 11) is 0. The van der Waals surface area contributed by atoms with Gasteiger partial charge in [-0.15, -0.1) is 0 Å². The van der Waals surface area contributed by atoms with Gasteiger partial charge in [-0.25, -0.2) is 0 Å². The lowest BCUT2D eigenvalue weighted by Gasteiger charge is -2.29. The highest BCUT2D eigenvalue weighted by atomic mass is 16.6. The highest BCUT2D eigenvalue weighted by molar-refractivity contribution is 6.00. The van der Waals surface area contributed by atoms with E-state index in [4.69, 9.17) is 4.74 Å². The van der Waals surface area contributed by atoms with E-state index >= 15 is 0 Å². The molecule has 0 radical (unpaired) electrons. The molecule has 0 spiro atoms. The van der Waals surface area contributed by atoms with Crippen LogP contribution in [-0.4, -0.2) is 18.2 Å². The Hall–Kier alpha value is -2.85. The number of hydrogen-bond donors (Lipinski definition) is 1. The van der Waals surface area contributed by atoms with E-state index in [0.717, 1.165) is 28.2 Å². The maximum absolute atomic E-state index is 13.1. The van der Waals surface area contributed by atoms with E-state index in [1.54, 1.807) is 4.90 Å². The average Bonchev–Trinajstić information content (AvgIpc) is 3.37. The number of nitrogens with one attached hydrogen (secondary N) is 1. The predicted octanol–water partition coefficient (Wildman–Crippen LogP) is 3.99. The molecular weight excluding hydrogens is 324 g/mol. The second-order valence-electron chi connectivity index (χ2n) is 6.58. The summed E-state index contributed by atoms with van der Waals surface area (Å²) < 4.78 is 5.69. The first kappa shape index (κ1) is 16.6. The number of para-hydroxylation sites is 1. The summed E-state index contributed by atoms with van der Waals surface area (Å²) in [5.74, 6) is 0.0457. The fourth-order valence-electron chi connectivity index (χ4n) is 3.40. The van der Waals surface area contributed by atoms with Crippen LogP contribution in [0.4, 0.5) is 5.69 Å². The van der Waals surface area contributed by atoms with Gasteiger partial charge in [0.1, 0.15) is 6.10 Å². The van der Waals surface area contributed by atoms with Crippen molar-refractivity contribution >= 4 is 17.3 Å². The molecule has 2 aliphatic heterocycles. The molecule has 2 aromatic rings. The topological polar surface area (TPSA) is 44.9 Å². The highest BCUT2D eigenvalue weighted by Gasteiger charge is 2.44. The average molecular weight is 346 g/mol. The monoisotopic (exact) mass is 346 g/mol. The summed E-state index contributed by atoms with van der Waals surface area (Å²) in [6.45, 7) is 4.04. The number of carbonyl (C=O) groups is 1. The van der Waals surface area contributed by atoms with Gasteiger partial charge in [0, 0.05) is 11.3 Å². The molecule has 2 heterocycles. The first-order valence-electron chi connectivity index (χ1n) is 8.92. The van der Waals surface area contributed by atoms with Crippen LogP contribution in [0.15, 0.2) is 72.4 Å². The van der Waals surface area contributed by atoms with Crippen molar-refractivity contribution in [3.63, 3.8) is 0 Å². The lowest BCUT2D eigenvalue weighted by molar-refractivity contribution is -0.118. The zero-order valence-corrected chi connectivity index (χ0v) is 15.0. The van der Waals surface area contributed by atoms with Crippen molar-refractivity contribution in [1.82, 2.24) is 5.32 Å². The van der Waals surface area contributed by atoms with Crippen molar-refractivity contribution in [3.05, 3.63) is 83.6 Å². The summed E-state index contributed by atoms with van der Waals surface area (Å²) >= 11 is 0. The molecule has 1 amide bonds. The largest absolute Gasteiger partial charge is 0.356 e. The normalized spacial score (nSPS) is 22.7. The lowest BCUT2D eigenvalue weighted by Crippen LogP contribution is -2.36. The number of hydrogen-bond acceptors (Lipinski definition) is 3. The van der Waals surface area contributed by atoms with E-state index in [9.17, 15) is 4.79 Å². The van der Waals surface area contributed by atoms with Gasteiger partial charge in [0.25, 0.3) is 0 Å². The molecule has 4 nitrogen and oxygen atoms in total. The third-order valence-electron chi connectivity index (χ3n) is 4.74. The van der Waals surface area contributed by atoms with Crippen molar-refractivity contribution in [3.8, 4) is 0 Å². The van der Waals surface area contributed by atoms with Gasteiger partial charge >= 0.3 is 0 Å². The Morgan fingerprint density at radius 1 is 1.12 bits per heavy atom. The van der Waals surface area contributed by atoms with Crippen molar-refractivity contribution in [2.24, 2.45) is 0 Å². The van der Waals surface area contributed by atoms with E-state index in [1.165, 1.54) is 0 Å². The van der Waals surface area contributed by atoms with E-state index < -0.39 is 0 Å². The van der Waals surface area contributed by atoms with Gasteiger partial charge in [-0.3, -0.25) is 9.69 Å². The number of carbonyl (C=O) groups excluding carboxylic acids is 1. The summed E-state index contributed by atoms with van der Waals surface area (Å²) in [5, 5.41) is 3.52. The van der Waals surface area contributed by atoms with Gasteiger partial charge in [0.05, 0.1) is 17.8 Å². The van der Waals surface area contributed by atoms with E-state index in [0.29, 0.717) is 6.42 Å². The molecule has 4 heteroatoms. The van der Waals surface area contributed by atoms with Crippen LogP contribution in [0.3, 0.4) is 0 Å². The minimum absolute atomic E-state index is 0.0457. The Bertz CT molecular complexity index is 886. The lowest BCUT2D eigenvalue weighted by atomic mass is 10.0. The fourth-order valence-corrected chi connectivity index (χ4v) is 3.40. The molecule has 132 valence electrons. The number of aryl methyl sites for hydroxylation is 1. The molecule has 1 fully saturated rings. The number of amides is 1. The molecule has 0 saturated carbocycles. The van der Waals surface area contributed by atoms with Gasteiger partial charge < -0.3 is 10.1 Å². The summed E-state index contributed by atoms with van der Waals surface area (Å²) in [4.78, 5) is 14.9. The number of epoxide rings is 1. The van der Waals surface area contributed by atoms with Gasteiger partial charge in [0.15, 0.2) is 6.23 Å². The van der Waals surface area contributed by atoms with Crippen LogP contribution in [-0.2, 0) is 9.53 Å². The molecule has 1 saturated heterocycles.